The van der Waals surface area contributed by atoms with Crippen LogP contribution in [0.5, 0.6) is 0 Å². The van der Waals surface area contributed by atoms with Gasteiger partial charge < -0.3 is 52.9 Å². The molecule has 524 valence electrons. The molecule has 2 fully saturated rings. The summed E-state index contributed by atoms with van der Waals surface area (Å²) in [4.78, 5) is 45.2. The van der Waals surface area contributed by atoms with Crippen molar-refractivity contribution in [3.63, 3.8) is 0 Å². The van der Waals surface area contributed by atoms with E-state index in [2.05, 4.69) is 261 Å². The number of carbonyl (C=O) groups excluding carboxylic acids is 1. The lowest BCUT2D eigenvalue weighted by molar-refractivity contribution is 0.00578. The summed E-state index contributed by atoms with van der Waals surface area (Å²) in [6, 6.07) is 34.9. The van der Waals surface area contributed by atoms with Gasteiger partial charge in [0.2, 0.25) is 0 Å². The Bertz CT molecular complexity index is 4690. The van der Waals surface area contributed by atoms with Crippen LogP contribution in [0.25, 0.3) is 60.8 Å². The number of amides is 1. The second-order valence-electron chi connectivity index (χ2n) is 27.4. The predicted molar refractivity (Wildman–Crippen MR) is 424 cm³/mol. The number of aromatic nitrogens is 13. The van der Waals surface area contributed by atoms with E-state index in [0.717, 1.165) is 85.0 Å². The molecule has 1 aromatic carbocycles. The van der Waals surface area contributed by atoms with Gasteiger partial charge in [0.15, 0.2) is 5.65 Å². The zero-order valence-electron chi connectivity index (χ0n) is 59.8. The molecule has 12 aromatic heterocycles. The summed E-state index contributed by atoms with van der Waals surface area (Å²) >= 11 is 15.3. The van der Waals surface area contributed by atoms with Gasteiger partial charge in [-0.2, -0.15) is 9.61 Å². The Labute approximate surface area is 621 Å². The molecular formula is C74H89B2Br2ClIN15O5. The SMILES string of the molecule is Brc1c[nH]c2ncccc12.CC(C)I.CC(C)n1cc(B2OC(C)(C)C(C)(C)O2)c2cccnc21.CC(C)n1cc(B2OC(C)(C)C(C)(C)O2)c2cccnc21.CC(C)n1cc(Br)c2cccnc21.CN(Cc1ccccc1)c1cc(Cl)nc2c(C(N)=O)cnn12.c1cnc2[nH]ccc2c1. The fourth-order valence-corrected chi connectivity index (χ4v) is 12.0. The normalized spacial score (nSPS) is 14.8. The number of H-pyrrole nitrogens is 2. The monoisotopic (exact) mass is 1610 g/mol. The molecule has 0 saturated carbocycles. The summed E-state index contributed by atoms with van der Waals surface area (Å²) in [6.45, 7) is 34.5. The quantitative estimate of drug-likeness (QED) is 0.0530. The number of rotatable bonds is 9. The van der Waals surface area contributed by atoms with Crippen LogP contribution in [-0.2, 0) is 25.2 Å². The lowest BCUT2D eigenvalue weighted by Crippen LogP contribution is -2.41. The maximum Gasteiger partial charge on any atom is 0.497 e. The highest BCUT2D eigenvalue weighted by Crippen LogP contribution is 2.39. The third-order valence-electron chi connectivity index (χ3n) is 17.5. The van der Waals surface area contributed by atoms with Crippen LogP contribution in [0.4, 0.5) is 5.82 Å². The first-order valence-electron chi connectivity index (χ1n) is 33.2. The number of alkyl halides is 1. The average Bonchev–Trinajstić information content (AvgIpc) is 1.60. The molecule has 0 atom stereocenters. The van der Waals surface area contributed by atoms with Gasteiger partial charge in [0, 0.05) is 150 Å². The van der Waals surface area contributed by atoms with Crippen LogP contribution < -0.4 is 21.6 Å². The Kier molecular flexibility index (Phi) is 25.0. The highest BCUT2D eigenvalue weighted by molar-refractivity contribution is 14.1. The summed E-state index contributed by atoms with van der Waals surface area (Å²) < 4.78 is 35.8. The van der Waals surface area contributed by atoms with Crippen molar-refractivity contribution in [3.05, 3.63) is 197 Å². The number of fused-ring (bicyclic) bond motifs is 6. The van der Waals surface area contributed by atoms with Crippen LogP contribution >= 0.6 is 66.1 Å². The van der Waals surface area contributed by atoms with E-state index in [0.29, 0.717) is 30.3 Å². The van der Waals surface area contributed by atoms with Crippen LogP contribution in [0, 0.1) is 0 Å². The first kappa shape index (κ1) is 76.7. The van der Waals surface area contributed by atoms with Crippen LogP contribution in [-0.4, -0.2) is 117 Å². The van der Waals surface area contributed by atoms with E-state index >= 15 is 0 Å². The molecule has 0 unspecified atom stereocenters. The second kappa shape index (κ2) is 32.7. The van der Waals surface area contributed by atoms with E-state index in [1.54, 1.807) is 23.0 Å². The Morgan fingerprint density at radius 1 is 0.580 bits per heavy atom. The average molecular weight is 1610 g/mol. The molecule has 26 heteroatoms. The zero-order valence-corrected chi connectivity index (χ0v) is 65.9. The molecule has 2 aliphatic rings. The maximum atomic E-state index is 11.4. The smallest absolute Gasteiger partial charge is 0.399 e. The third kappa shape index (κ3) is 17.9. The number of nitrogens with one attached hydrogen (secondary N) is 2. The number of benzene rings is 1. The molecular weight excluding hydrogens is 1520 g/mol. The lowest BCUT2D eigenvalue weighted by Gasteiger charge is -2.32. The molecule has 2 aliphatic heterocycles. The van der Waals surface area contributed by atoms with Gasteiger partial charge in [-0.15, -0.1) is 0 Å². The largest absolute Gasteiger partial charge is 0.497 e. The first-order valence-corrected chi connectivity index (χ1v) is 36.4. The number of nitrogens with two attached hydrogens (primary N) is 1. The van der Waals surface area contributed by atoms with E-state index in [4.69, 9.17) is 36.0 Å². The fraction of sp³-hybridized carbons (Fsp3) is 0.351. The highest BCUT2D eigenvalue weighted by atomic mass is 127. The molecule has 2 saturated heterocycles. The highest BCUT2D eigenvalue weighted by Gasteiger charge is 2.54. The van der Waals surface area contributed by atoms with Crippen LogP contribution in [0.1, 0.15) is 145 Å². The molecule has 15 rings (SSSR count). The molecule has 4 N–H and O–H groups in total. The molecule has 13 aromatic rings. The topological polar surface area (TPSA) is 224 Å². The Balaban J connectivity index is 0.000000142. The van der Waals surface area contributed by atoms with E-state index < -0.39 is 5.91 Å². The number of nitrogens with zero attached hydrogens (tertiary/aromatic N) is 12. The number of halogens is 4. The molecule has 0 radical (unpaired) electrons. The van der Waals surface area contributed by atoms with Gasteiger partial charge in [0.05, 0.1) is 28.6 Å². The zero-order chi connectivity index (χ0) is 72.6. The summed E-state index contributed by atoms with van der Waals surface area (Å²) in [7, 11) is 1.23. The van der Waals surface area contributed by atoms with Crippen LogP contribution in [0.15, 0.2) is 180 Å². The van der Waals surface area contributed by atoms with Gasteiger partial charge in [-0.3, -0.25) is 4.79 Å². The number of pyridine rings is 5. The standard InChI is InChI=1S/2C16H23BN2O2.C15H14ClN5O.C10H11BrN2.C7H5BrN2.C7H6N2.C3H7I/c2*1-11(2)19-10-13(12-8-7-9-18-14(12)19)17-20-15(3,4)16(5,6)21-17;1-20(9-10-5-3-2-4-6-10)13-7-12(16)19-15-11(14(17)22)8-18-21(13)15;1-7(2)13-6-9(11)8-4-3-5-12-10(8)13;8-6-4-10-7-5(6)2-1-3-9-7;1-2-6-3-5-9-7(6)8-4-1;1-3(2)4/h2*7-11H,1-6H3;2-8H,9H2,1H3,(H2,17,22);3-7H,1-2H3;1-4H,(H,9,10);1-5H,(H,8,9);3H,1-2H3. The minimum atomic E-state index is -0.582. The van der Waals surface area contributed by atoms with E-state index in [1.165, 1.54) is 11.6 Å². The number of carbonyl (C=O) groups is 1. The maximum absolute atomic E-state index is 11.4. The van der Waals surface area contributed by atoms with E-state index in [9.17, 15) is 4.79 Å². The fourth-order valence-electron chi connectivity index (χ4n) is 10.9. The van der Waals surface area contributed by atoms with E-state index in [1.807, 2.05) is 122 Å². The minimum Gasteiger partial charge on any atom is -0.399 e. The van der Waals surface area contributed by atoms with Crippen molar-refractivity contribution in [3.8, 4) is 0 Å². The van der Waals surface area contributed by atoms with Gasteiger partial charge >= 0.3 is 14.2 Å². The molecule has 0 aliphatic carbocycles. The summed E-state index contributed by atoms with van der Waals surface area (Å²) in [6.07, 6.45) is 20.5. The number of aromatic amines is 2. The van der Waals surface area contributed by atoms with Crippen molar-refractivity contribution in [1.29, 1.82) is 0 Å². The molecule has 100 heavy (non-hydrogen) atoms. The van der Waals surface area contributed by atoms with Crippen molar-refractivity contribution >= 4 is 164 Å². The Hall–Kier alpha value is -7.49. The van der Waals surface area contributed by atoms with Gasteiger partial charge in [0.25, 0.3) is 5.91 Å². The van der Waals surface area contributed by atoms with Crippen molar-refractivity contribution in [2.24, 2.45) is 5.73 Å². The number of hydrogen-bond donors (Lipinski definition) is 3. The number of hydrogen-bond acceptors (Lipinski definition) is 13. The van der Waals surface area contributed by atoms with Crippen molar-refractivity contribution in [2.45, 2.75) is 162 Å². The molecule has 0 spiro atoms. The van der Waals surface area contributed by atoms with Crippen molar-refractivity contribution in [1.82, 2.24) is 63.2 Å². The molecule has 0 bridgehead atoms. The third-order valence-corrected chi connectivity index (χ3v) is 19.0. The number of primary amides is 1. The van der Waals surface area contributed by atoms with Crippen molar-refractivity contribution in [2.75, 3.05) is 11.9 Å². The van der Waals surface area contributed by atoms with Gasteiger partial charge in [-0.1, -0.05) is 90.5 Å². The van der Waals surface area contributed by atoms with Gasteiger partial charge in [-0.05, 0) is 189 Å². The van der Waals surface area contributed by atoms with E-state index in [-0.39, 0.29) is 47.4 Å². The molecule has 20 nitrogen and oxygen atoms in total. The molecule has 14 heterocycles. The Morgan fingerprint density at radius 2 is 1.02 bits per heavy atom. The summed E-state index contributed by atoms with van der Waals surface area (Å²) in [5.41, 5.74) is 12.8. The summed E-state index contributed by atoms with van der Waals surface area (Å²) in [5.74, 6) is 0.146. The minimum absolute atomic E-state index is 0.247. The van der Waals surface area contributed by atoms with Gasteiger partial charge in [0.1, 0.15) is 44.8 Å². The predicted octanol–water partition coefficient (Wildman–Crippen LogP) is 17.0. The van der Waals surface area contributed by atoms with Gasteiger partial charge in [-0.25, -0.2) is 29.9 Å². The Morgan fingerprint density at radius 3 is 1.49 bits per heavy atom. The number of anilines is 1. The van der Waals surface area contributed by atoms with Crippen LogP contribution in [0.3, 0.4) is 0 Å². The summed E-state index contributed by atoms with van der Waals surface area (Å²) in [5, 5.41) is 10.2. The molecule has 1 amide bonds. The van der Waals surface area contributed by atoms with Crippen LogP contribution in [0.2, 0.25) is 5.15 Å². The second-order valence-corrected chi connectivity index (χ2v) is 31.9. The lowest BCUT2D eigenvalue weighted by atomic mass is 9.79. The first-order chi connectivity index (χ1) is 47.3. The van der Waals surface area contributed by atoms with Crippen molar-refractivity contribution < 1.29 is 23.4 Å².